The highest BCUT2D eigenvalue weighted by Gasteiger charge is 2.05. The SMILES string of the molecule is COc1ccc(-c2ccccc2)cc1OC.N=C=O. The number of carbonyl (C=O) groups excluding carboxylic acids is 1. The smallest absolute Gasteiger partial charge is 0.231 e. The molecule has 0 atom stereocenters. The summed E-state index contributed by atoms with van der Waals surface area (Å²) in [5.41, 5.74) is 2.29. The van der Waals surface area contributed by atoms with Crippen molar-refractivity contribution >= 4 is 6.08 Å². The minimum Gasteiger partial charge on any atom is -0.493 e. The summed E-state index contributed by atoms with van der Waals surface area (Å²) >= 11 is 0. The van der Waals surface area contributed by atoms with Crippen molar-refractivity contribution in [1.29, 1.82) is 5.41 Å². The number of isocyanates is 1. The predicted octanol–water partition coefficient (Wildman–Crippen LogP) is 3.27. The first-order valence-electron chi connectivity index (χ1n) is 5.58. The van der Waals surface area contributed by atoms with Crippen molar-refractivity contribution in [2.75, 3.05) is 14.2 Å². The second-order valence-electron chi connectivity index (χ2n) is 3.54. The zero-order valence-corrected chi connectivity index (χ0v) is 10.8. The highest BCUT2D eigenvalue weighted by Crippen LogP contribution is 2.31. The molecule has 4 nitrogen and oxygen atoms in total. The number of benzene rings is 2. The fourth-order valence-electron chi connectivity index (χ4n) is 1.65. The lowest BCUT2D eigenvalue weighted by Crippen LogP contribution is -1.90. The fourth-order valence-corrected chi connectivity index (χ4v) is 1.65. The summed E-state index contributed by atoms with van der Waals surface area (Å²) in [4.78, 5) is 8.35. The van der Waals surface area contributed by atoms with Crippen molar-refractivity contribution in [1.82, 2.24) is 0 Å². The molecule has 0 unspecified atom stereocenters. The van der Waals surface area contributed by atoms with Gasteiger partial charge in [-0.15, -0.1) is 0 Å². The lowest BCUT2D eigenvalue weighted by molar-refractivity contribution is 0.355. The zero-order chi connectivity index (χ0) is 14.1. The first-order chi connectivity index (χ1) is 9.26. The van der Waals surface area contributed by atoms with Gasteiger partial charge < -0.3 is 9.47 Å². The van der Waals surface area contributed by atoms with E-state index in [-0.39, 0.29) is 0 Å². The van der Waals surface area contributed by atoms with Gasteiger partial charge >= 0.3 is 0 Å². The van der Waals surface area contributed by atoms with E-state index in [9.17, 15) is 0 Å². The Balaban J connectivity index is 0.000000550. The normalized spacial score (nSPS) is 8.74. The first kappa shape index (κ1) is 14.5. The van der Waals surface area contributed by atoms with Crippen molar-refractivity contribution < 1.29 is 14.3 Å². The van der Waals surface area contributed by atoms with E-state index in [0.29, 0.717) is 0 Å². The number of methoxy groups -OCH3 is 2. The van der Waals surface area contributed by atoms with Crippen LogP contribution in [-0.4, -0.2) is 20.3 Å². The molecule has 0 saturated heterocycles. The number of ether oxygens (including phenoxy) is 2. The van der Waals surface area contributed by atoms with Crippen molar-refractivity contribution in [3.63, 3.8) is 0 Å². The molecule has 0 amide bonds. The van der Waals surface area contributed by atoms with Crippen molar-refractivity contribution in [2.45, 2.75) is 0 Å². The van der Waals surface area contributed by atoms with Crippen LogP contribution in [0.5, 0.6) is 11.5 Å². The van der Waals surface area contributed by atoms with Crippen LogP contribution in [0.25, 0.3) is 11.1 Å². The second kappa shape index (κ2) is 7.69. The van der Waals surface area contributed by atoms with Crippen LogP contribution in [0.3, 0.4) is 0 Å². The quantitative estimate of drug-likeness (QED) is 0.678. The molecule has 0 radical (unpaired) electrons. The van der Waals surface area contributed by atoms with E-state index in [4.69, 9.17) is 19.7 Å². The highest BCUT2D eigenvalue weighted by molar-refractivity contribution is 5.67. The third-order valence-corrected chi connectivity index (χ3v) is 2.49. The Bertz CT molecular complexity index is 547. The summed E-state index contributed by atoms with van der Waals surface area (Å²) in [6, 6.07) is 16.1. The van der Waals surface area contributed by atoms with Gasteiger partial charge in [0.15, 0.2) is 11.5 Å². The molecule has 98 valence electrons. The Morgan fingerprint density at radius 2 is 1.47 bits per heavy atom. The molecule has 0 aliphatic carbocycles. The molecule has 0 heterocycles. The summed E-state index contributed by atoms with van der Waals surface area (Å²) in [5, 5.41) is 5.40. The molecule has 2 aromatic rings. The van der Waals surface area contributed by atoms with Crippen LogP contribution in [0.1, 0.15) is 0 Å². The molecular weight excluding hydrogens is 242 g/mol. The molecular formula is C15H15NO3. The highest BCUT2D eigenvalue weighted by atomic mass is 16.5. The van der Waals surface area contributed by atoms with E-state index in [2.05, 4.69) is 12.1 Å². The molecule has 0 aliphatic rings. The molecule has 2 aromatic carbocycles. The number of nitrogens with one attached hydrogen (secondary N) is 1. The molecule has 0 spiro atoms. The number of hydrogen-bond acceptors (Lipinski definition) is 4. The van der Waals surface area contributed by atoms with E-state index in [0.717, 1.165) is 23.1 Å². The number of hydrogen-bond donors (Lipinski definition) is 1. The Hall–Kier alpha value is -2.58. The van der Waals surface area contributed by atoms with Crippen LogP contribution in [0.4, 0.5) is 0 Å². The molecule has 0 aliphatic heterocycles. The molecule has 4 heteroatoms. The maximum Gasteiger partial charge on any atom is 0.231 e. The van der Waals surface area contributed by atoms with Gasteiger partial charge in [0.2, 0.25) is 6.08 Å². The summed E-state index contributed by atoms with van der Waals surface area (Å²) in [7, 11) is 3.28. The van der Waals surface area contributed by atoms with Gasteiger partial charge in [-0.3, -0.25) is 0 Å². The Morgan fingerprint density at radius 3 is 2.00 bits per heavy atom. The first-order valence-corrected chi connectivity index (χ1v) is 5.58. The van der Waals surface area contributed by atoms with Gasteiger partial charge in [0, 0.05) is 0 Å². The topological polar surface area (TPSA) is 59.4 Å². The average Bonchev–Trinajstić information content (AvgIpc) is 2.48. The monoisotopic (exact) mass is 257 g/mol. The summed E-state index contributed by atoms with van der Waals surface area (Å²) in [5.74, 6) is 1.51. The van der Waals surface area contributed by atoms with Gasteiger partial charge in [-0.05, 0) is 23.3 Å². The number of rotatable bonds is 3. The van der Waals surface area contributed by atoms with Crippen LogP contribution in [0, 0.1) is 5.41 Å². The van der Waals surface area contributed by atoms with E-state index < -0.39 is 0 Å². The zero-order valence-electron chi connectivity index (χ0n) is 10.8. The van der Waals surface area contributed by atoms with Crippen LogP contribution < -0.4 is 9.47 Å². The summed E-state index contributed by atoms with van der Waals surface area (Å²) in [6.07, 6.45) is 0.750. The van der Waals surface area contributed by atoms with Crippen LogP contribution >= 0.6 is 0 Å². The van der Waals surface area contributed by atoms with Gasteiger partial charge in [-0.25, -0.2) is 10.2 Å². The molecule has 19 heavy (non-hydrogen) atoms. The largest absolute Gasteiger partial charge is 0.493 e. The van der Waals surface area contributed by atoms with Gasteiger partial charge in [0.05, 0.1) is 14.2 Å². The van der Waals surface area contributed by atoms with Crippen LogP contribution in [0.2, 0.25) is 0 Å². The van der Waals surface area contributed by atoms with E-state index in [1.807, 2.05) is 36.4 Å². The molecule has 0 saturated carbocycles. The summed E-state index contributed by atoms with van der Waals surface area (Å²) < 4.78 is 10.5. The molecule has 0 bridgehead atoms. The predicted molar refractivity (Wildman–Crippen MR) is 73.4 cm³/mol. The average molecular weight is 257 g/mol. The lowest BCUT2D eigenvalue weighted by Gasteiger charge is -2.09. The minimum atomic E-state index is 0.750. The van der Waals surface area contributed by atoms with E-state index >= 15 is 0 Å². The molecule has 1 N–H and O–H groups in total. The van der Waals surface area contributed by atoms with Gasteiger partial charge in [-0.1, -0.05) is 36.4 Å². The molecule has 0 aromatic heterocycles. The minimum absolute atomic E-state index is 0.750. The van der Waals surface area contributed by atoms with Crippen LogP contribution in [-0.2, 0) is 4.79 Å². The van der Waals surface area contributed by atoms with Gasteiger partial charge in [-0.2, -0.15) is 0 Å². The lowest BCUT2D eigenvalue weighted by atomic mass is 10.1. The Morgan fingerprint density at radius 1 is 0.895 bits per heavy atom. The molecule has 0 fully saturated rings. The Labute approximate surface area is 112 Å². The third-order valence-electron chi connectivity index (χ3n) is 2.49. The summed E-state index contributed by atoms with van der Waals surface area (Å²) in [6.45, 7) is 0. The van der Waals surface area contributed by atoms with Gasteiger partial charge in [0.1, 0.15) is 0 Å². The third kappa shape index (κ3) is 3.98. The van der Waals surface area contributed by atoms with Crippen molar-refractivity contribution in [2.24, 2.45) is 0 Å². The Kier molecular flexibility index (Phi) is 5.86. The van der Waals surface area contributed by atoms with E-state index in [1.165, 1.54) is 5.56 Å². The van der Waals surface area contributed by atoms with Crippen molar-refractivity contribution in [3.8, 4) is 22.6 Å². The fraction of sp³-hybridized carbons (Fsp3) is 0.133. The van der Waals surface area contributed by atoms with Crippen LogP contribution in [0.15, 0.2) is 48.5 Å². The van der Waals surface area contributed by atoms with E-state index in [1.54, 1.807) is 14.2 Å². The standard InChI is InChI=1S/C14H14O2.CHNO/c1-15-13-9-8-12(10-14(13)16-2)11-6-4-3-5-7-11;2-1-3/h3-10H,1-2H3;2H. The molecule has 2 rings (SSSR count). The maximum atomic E-state index is 8.35. The second-order valence-corrected chi connectivity index (χ2v) is 3.54. The van der Waals surface area contributed by atoms with Crippen molar-refractivity contribution in [3.05, 3.63) is 48.5 Å². The maximum absolute atomic E-state index is 8.35. The van der Waals surface area contributed by atoms with Gasteiger partial charge in [0.25, 0.3) is 0 Å².